The van der Waals surface area contributed by atoms with E-state index in [9.17, 15) is 14.4 Å². The van der Waals surface area contributed by atoms with Crippen LogP contribution < -0.4 is 15.4 Å². The molecule has 0 radical (unpaired) electrons. The van der Waals surface area contributed by atoms with Gasteiger partial charge in [0.05, 0.1) is 13.2 Å². The second-order valence-electron chi connectivity index (χ2n) is 8.45. The van der Waals surface area contributed by atoms with E-state index in [0.29, 0.717) is 11.3 Å². The van der Waals surface area contributed by atoms with Crippen LogP contribution in [0, 0.1) is 0 Å². The third-order valence-corrected chi connectivity index (χ3v) is 6.14. The molecule has 3 aromatic rings. The molecule has 3 aromatic carbocycles. The monoisotopic (exact) mass is 457 g/mol. The average molecular weight is 458 g/mol. The number of hydrogen-bond acceptors (Lipinski definition) is 4. The highest BCUT2D eigenvalue weighted by Gasteiger charge is 2.49. The van der Waals surface area contributed by atoms with E-state index in [1.165, 1.54) is 0 Å². The summed E-state index contributed by atoms with van der Waals surface area (Å²) in [5.74, 6) is -0.244. The van der Waals surface area contributed by atoms with Crippen molar-refractivity contribution >= 4 is 17.8 Å². The van der Waals surface area contributed by atoms with E-state index in [4.69, 9.17) is 4.74 Å². The van der Waals surface area contributed by atoms with E-state index >= 15 is 0 Å². The van der Waals surface area contributed by atoms with Crippen molar-refractivity contribution in [3.05, 3.63) is 90.0 Å². The lowest BCUT2D eigenvalue weighted by Gasteiger charge is -2.22. The molecule has 4 rings (SSSR count). The van der Waals surface area contributed by atoms with Crippen LogP contribution in [0.15, 0.2) is 78.9 Å². The molecule has 4 amide bonds. The number of carbonyl (C=O) groups excluding carboxylic acids is 3. The molecule has 1 aliphatic rings. The molecule has 34 heavy (non-hydrogen) atoms. The molecule has 7 heteroatoms. The predicted molar refractivity (Wildman–Crippen MR) is 129 cm³/mol. The molecule has 0 bridgehead atoms. The Balaban J connectivity index is 1.40. The Morgan fingerprint density at radius 2 is 1.59 bits per heavy atom. The van der Waals surface area contributed by atoms with Crippen molar-refractivity contribution in [2.24, 2.45) is 0 Å². The highest BCUT2D eigenvalue weighted by atomic mass is 16.5. The lowest BCUT2D eigenvalue weighted by Crippen LogP contribution is -2.43. The largest absolute Gasteiger partial charge is 0.497 e. The van der Waals surface area contributed by atoms with E-state index in [0.717, 1.165) is 21.6 Å². The molecule has 174 valence electrons. The number of ether oxygens (including phenoxy) is 1. The lowest BCUT2D eigenvalue weighted by atomic mass is 9.92. The Hall–Kier alpha value is -4.13. The first-order chi connectivity index (χ1) is 16.3. The summed E-state index contributed by atoms with van der Waals surface area (Å²) in [5.41, 5.74) is 2.49. The minimum absolute atomic E-state index is 0.286. The third-order valence-electron chi connectivity index (χ3n) is 6.14. The van der Waals surface area contributed by atoms with E-state index in [1.807, 2.05) is 61.5 Å². The number of benzene rings is 3. The van der Waals surface area contributed by atoms with E-state index < -0.39 is 23.4 Å². The molecule has 7 nitrogen and oxygen atoms in total. The number of methoxy groups -OCH3 is 1. The number of nitrogens with zero attached hydrogens (tertiary/aromatic N) is 1. The number of hydrogen-bond donors (Lipinski definition) is 2. The van der Waals surface area contributed by atoms with Gasteiger partial charge in [-0.05, 0) is 48.2 Å². The molecule has 0 aromatic heterocycles. The van der Waals surface area contributed by atoms with Crippen LogP contribution in [0.1, 0.15) is 31.0 Å². The average Bonchev–Trinajstić information content (AvgIpc) is 3.08. The second kappa shape index (κ2) is 9.39. The van der Waals surface area contributed by atoms with Crippen LogP contribution in [0.4, 0.5) is 4.79 Å². The molecule has 0 aliphatic carbocycles. The van der Waals surface area contributed by atoms with E-state index in [-0.39, 0.29) is 12.6 Å². The zero-order chi connectivity index (χ0) is 24.3. The fourth-order valence-electron chi connectivity index (χ4n) is 4.07. The molecular formula is C27H27N3O4. The van der Waals surface area contributed by atoms with Crippen LogP contribution in [-0.4, -0.2) is 36.4 Å². The molecule has 2 N–H and O–H groups in total. The van der Waals surface area contributed by atoms with Crippen molar-refractivity contribution in [2.45, 2.75) is 25.4 Å². The zero-order valence-corrected chi connectivity index (χ0v) is 19.4. The predicted octanol–water partition coefficient (Wildman–Crippen LogP) is 4.01. The molecule has 0 saturated carbocycles. The van der Waals surface area contributed by atoms with Gasteiger partial charge in [0, 0.05) is 0 Å². The van der Waals surface area contributed by atoms with Gasteiger partial charge < -0.3 is 15.4 Å². The number of rotatable bonds is 7. The molecule has 1 aliphatic heterocycles. The maximum absolute atomic E-state index is 13.1. The Labute approximate surface area is 198 Å². The van der Waals surface area contributed by atoms with Gasteiger partial charge >= 0.3 is 6.03 Å². The summed E-state index contributed by atoms with van der Waals surface area (Å²) in [4.78, 5) is 39.3. The Kier molecular flexibility index (Phi) is 6.36. The van der Waals surface area contributed by atoms with Gasteiger partial charge in [-0.15, -0.1) is 0 Å². The summed E-state index contributed by atoms with van der Waals surface area (Å²) in [6, 6.07) is 24.0. The minimum Gasteiger partial charge on any atom is -0.497 e. The summed E-state index contributed by atoms with van der Waals surface area (Å²) >= 11 is 0. The van der Waals surface area contributed by atoms with Gasteiger partial charge in [0.25, 0.3) is 5.91 Å². The van der Waals surface area contributed by atoms with Crippen LogP contribution in [0.2, 0.25) is 0 Å². The van der Waals surface area contributed by atoms with Crippen molar-refractivity contribution in [1.82, 2.24) is 15.5 Å². The molecule has 0 spiro atoms. The van der Waals surface area contributed by atoms with E-state index in [1.54, 1.807) is 38.3 Å². The smallest absolute Gasteiger partial charge is 0.325 e. The summed E-state index contributed by atoms with van der Waals surface area (Å²) in [6.07, 6.45) is 0. The highest BCUT2D eigenvalue weighted by molar-refractivity contribution is 6.09. The maximum atomic E-state index is 13.1. The molecule has 1 fully saturated rings. The van der Waals surface area contributed by atoms with Crippen LogP contribution in [-0.2, 0) is 15.1 Å². The Bertz CT molecular complexity index is 1190. The summed E-state index contributed by atoms with van der Waals surface area (Å²) < 4.78 is 5.15. The van der Waals surface area contributed by atoms with Gasteiger partial charge in [0.2, 0.25) is 5.91 Å². The zero-order valence-electron chi connectivity index (χ0n) is 19.4. The highest BCUT2D eigenvalue weighted by Crippen LogP contribution is 2.30. The fraction of sp³-hybridized carbons (Fsp3) is 0.222. The molecule has 1 heterocycles. The normalized spacial score (nSPS) is 18.4. The third kappa shape index (κ3) is 4.50. The van der Waals surface area contributed by atoms with Gasteiger partial charge in [-0.3, -0.25) is 14.5 Å². The van der Waals surface area contributed by atoms with Gasteiger partial charge in [0.1, 0.15) is 17.8 Å². The summed E-state index contributed by atoms with van der Waals surface area (Å²) in [6.45, 7) is 3.13. The number of carbonyl (C=O) groups is 3. The molecule has 0 unspecified atom stereocenters. The van der Waals surface area contributed by atoms with Crippen molar-refractivity contribution in [2.75, 3.05) is 13.7 Å². The summed E-state index contributed by atoms with van der Waals surface area (Å²) in [5, 5.41) is 5.59. The number of amides is 4. The van der Waals surface area contributed by atoms with Gasteiger partial charge in [-0.1, -0.05) is 66.7 Å². The Morgan fingerprint density at radius 3 is 2.21 bits per heavy atom. The fourth-order valence-corrected chi connectivity index (χ4v) is 4.07. The van der Waals surface area contributed by atoms with Crippen LogP contribution >= 0.6 is 0 Å². The first-order valence-electron chi connectivity index (χ1n) is 11.0. The van der Waals surface area contributed by atoms with Crippen molar-refractivity contribution in [3.63, 3.8) is 0 Å². The van der Waals surface area contributed by atoms with Crippen molar-refractivity contribution < 1.29 is 19.1 Å². The van der Waals surface area contributed by atoms with Crippen LogP contribution in [0.5, 0.6) is 5.75 Å². The second-order valence-corrected chi connectivity index (χ2v) is 8.45. The number of nitrogens with one attached hydrogen (secondary N) is 2. The molecule has 1 saturated heterocycles. The molecular weight excluding hydrogens is 430 g/mol. The Morgan fingerprint density at radius 1 is 0.971 bits per heavy atom. The standard InChI is InChI=1S/C27H27N3O4/c1-18(19-9-11-21(12-10-19)20-7-5-4-6-8-20)28-24(31)17-30-25(32)27(2,29-26(30)33)22-13-15-23(34-3)16-14-22/h4-16,18H,17H2,1-3H3,(H,28,31)(H,29,33)/t18-,27+/m0/s1. The topological polar surface area (TPSA) is 87.7 Å². The summed E-state index contributed by atoms with van der Waals surface area (Å²) in [7, 11) is 1.55. The van der Waals surface area contributed by atoms with E-state index in [2.05, 4.69) is 10.6 Å². The first-order valence-corrected chi connectivity index (χ1v) is 11.0. The molecule has 2 atom stereocenters. The van der Waals surface area contributed by atoms with Crippen molar-refractivity contribution in [3.8, 4) is 16.9 Å². The van der Waals surface area contributed by atoms with Crippen LogP contribution in [0.25, 0.3) is 11.1 Å². The lowest BCUT2D eigenvalue weighted by molar-refractivity contribution is -0.135. The van der Waals surface area contributed by atoms with Gasteiger partial charge in [-0.25, -0.2) is 4.79 Å². The first kappa shape index (κ1) is 23.0. The van der Waals surface area contributed by atoms with Gasteiger partial charge in [0.15, 0.2) is 0 Å². The minimum atomic E-state index is -1.25. The SMILES string of the molecule is COc1ccc([C@@]2(C)NC(=O)N(CC(=O)N[C@@H](C)c3ccc(-c4ccccc4)cc3)C2=O)cc1. The van der Waals surface area contributed by atoms with Crippen molar-refractivity contribution in [1.29, 1.82) is 0 Å². The quantitative estimate of drug-likeness (QED) is 0.525. The van der Waals surface area contributed by atoms with Crippen LogP contribution in [0.3, 0.4) is 0 Å². The number of imide groups is 1. The maximum Gasteiger partial charge on any atom is 0.325 e. The number of urea groups is 1. The van der Waals surface area contributed by atoms with Gasteiger partial charge in [-0.2, -0.15) is 0 Å².